The first-order valence-corrected chi connectivity index (χ1v) is 8.57. The summed E-state index contributed by atoms with van der Waals surface area (Å²) in [4.78, 5) is 12.6. The Bertz CT molecular complexity index is 749. The second kappa shape index (κ2) is 6.31. The van der Waals surface area contributed by atoms with E-state index < -0.39 is 5.41 Å². The van der Waals surface area contributed by atoms with Crippen LogP contribution < -0.4 is 10.5 Å². The quantitative estimate of drug-likeness (QED) is 0.927. The molecule has 0 spiro atoms. The molecule has 2 N–H and O–H groups in total. The van der Waals surface area contributed by atoms with Crippen LogP contribution in [0.2, 0.25) is 0 Å². The summed E-state index contributed by atoms with van der Waals surface area (Å²) in [6.07, 6.45) is 2.66. The van der Waals surface area contributed by atoms with Gasteiger partial charge in [0.2, 0.25) is 5.91 Å². The number of ether oxygens (including phenoxy) is 1. The molecule has 1 aliphatic rings. The average molecular weight is 323 g/mol. The Morgan fingerprint density at radius 2 is 1.88 bits per heavy atom. The molecule has 0 radical (unpaired) electrons. The fourth-order valence-corrected chi connectivity index (χ4v) is 3.83. The van der Waals surface area contributed by atoms with Crippen molar-refractivity contribution in [2.45, 2.75) is 44.4 Å². The van der Waals surface area contributed by atoms with Gasteiger partial charge in [-0.25, -0.2) is 0 Å². The Kier molecular flexibility index (Phi) is 4.35. The number of nitrogens with two attached hydrogens (primary N) is 1. The van der Waals surface area contributed by atoms with E-state index in [1.807, 2.05) is 12.1 Å². The first kappa shape index (κ1) is 16.6. The summed E-state index contributed by atoms with van der Waals surface area (Å²) < 4.78 is 5.39. The van der Waals surface area contributed by atoms with E-state index in [9.17, 15) is 4.79 Å². The molecule has 0 bridgehead atoms. The van der Waals surface area contributed by atoms with Gasteiger partial charge < -0.3 is 10.5 Å². The number of methoxy groups -OCH3 is 1. The third kappa shape index (κ3) is 2.58. The Morgan fingerprint density at radius 1 is 1.17 bits per heavy atom. The van der Waals surface area contributed by atoms with Gasteiger partial charge in [0.1, 0.15) is 5.75 Å². The summed E-state index contributed by atoms with van der Waals surface area (Å²) in [6, 6.07) is 14.3. The standard InChI is InChI=1S/C21H25NO2/c1-14(2)15-6-9-17(10-7-15)21(20(22)23)12-4-5-16-8-11-18(24-3)13-19(16)21/h6-11,13-14H,4-5,12H2,1-3H3,(H2,22,23). The van der Waals surface area contributed by atoms with Crippen molar-refractivity contribution >= 4 is 5.91 Å². The van der Waals surface area contributed by atoms with Gasteiger partial charge in [-0.05, 0) is 59.6 Å². The van der Waals surface area contributed by atoms with E-state index in [0.717, 1.165) is 36.1 Å². The molecule has 0 saturated heterocycles. The highest BCUT2D eigenvalue weighted by molar-refractivity contribution is 5.91. The lowest BCUT2D eigenvalue weighted by atomic mass is 9.65. The van der Waals surface area contributed by atoms with E-state index in [1.165, 1.54) is 11.1 Å². The van der Waals surface area contributed by atoms with Crippen LogP contribution in [0.15, 0.2) is 42.5 Å². The molecule has 3 heteroatoms. The highest BCUT2D eigenvalue weighted by atomic mass is 16.5. The van der Waals surface area contributed by atoms with Crippen molar-refractivity contribution in [2.75, 3.05) is 7.11 Å². The lowest BCUT2D eigenvalue weighted by Crippen LogP contribution is -2.44. The summed E-state index contributed by atoms with van der Waals surface area (Å²) >= 11 is 0. The van der Waals surface area contributed by atoms with E-state index in [0.29, 0.717) is 5.92 Å². The third-order valence-corrected chi connectivity index (χ3v) is 5.27. The molecule has 0 aromatic heterocycles. The largest absolute Gasteiger partial charge is 0.497 e. The minimum Gasteiger partial charge on any atom is -0.497 e. The van der Waals surface area contributed by atoms with Gasteiger partial charge in [0, 0.05) is 0 Å². The van der Waals surface area contributed by atoms with Crippen LogP contribution >= 0.6 is 0 Å². The topological polar surface area (TPSA) is 52.3 Å². The zero-order chi connectivity index (χ0) is 17.3. The maximum atomic E-state index is 12.6. The lowest BCUT2D eigenvalue weighted by molar-refractivity contribution is -0.122. The van der Waals surface area contributed by atoms with Crippen molar-refractivity contribution in [1.29, 1.82) is 0 Å². The Labute approximate surface area is 143 Å². The van der Waals surface area contributed by atoms with Crippen LogP contribution in [0.25, 0.3) is 0 Å². The fraction of sp³-hybridized carbons (Fsp3) is 0.381. The number of hydrogen-bond donors (Lipinski definition) is 1. The van der Waals surface area contributed by atoms with Crippen LogP contribution in [-0.2, 0) is 16.6 Å². The number of carbonyl (C=O) groups excluding carboxylic acids is 1. The van der Waals surface area contributed by atoms with Crippen molar-refractivity contribution in [3.8, 4) is 5.75 Å². The smallest absolute Gasteiger partial charge is 0.232 e. The second-order valence-corrected chi connectivity index (χ2v) is 6.92. The van der Waals surface area contributed by atoms with Crippen LogP contribution in [0.3, 0.4) is 0 Å². The molecular weight excluding hydrogens is 298 g/mol. The third-order valence-electron chi connectivity index (χ3n) is 5.27. The molecule has 3 nitrogen and oxygen atoms in total. The molecule has 3 rings (SSSR count). The second-order valence-electron chi connectivity index (χ2n) is 6.92. The number of amides is 1. The summed E-state index contributed by atoms with van der Waals surface area (Å²) in [7, 11) is 1.65. The molecule has 0 aliphatic heterocycles. The van der Waals surface area contributed by atoms with Crippen molar-refractivity contribution in [2.24, 2.45) is 5.73 Å². The Morgan fingerprint density at radius 3 is 2.46 bits per heavy atom. The molecule has 1 atom stereocenters. The van der Waals surface area contributed by atoms with E-state index >= 15 is 0 Å². The molecule has 1 aliphatic carbocycles. The summed E-state index contributed by atoms with van der Waals surface area (Å²) in [6.45, 7) is 4.33. The van der Waals surface area contributed by atoms with Gasteiger partial charge in [0.25, 0.3) is 0 Å². The molecule has 126 valence electrons. The van der Waals surface area contributed by atoms with Gasteiger partial charge in [-0.15, -0.1) is 0 Å². The maximum absolute atomic E-state index is 12.6. The van der Waals surface area contributed by atoms with Gasteiger partial charge in [-0.2, -0.15) is 0 Å². The number of carbonyl (C=O) groups is 1. The first-order chi connectivity index (χ1) is 11.5. The highest BCUT2D eigenvalue weighted by Gasteiger charge is 2.43. The van der Waals surface area contributed by atoms with Crippen LogP contribution in [-0.4, -0.2) is 13.0 Å². The minimum absolute atomic E-state index is 0.283. The SMILES string of the molecule is COc1ccc2c(c1)C(C(N)=O)(c1ccc(C(C)C)cc1)CCC2. The van der Waals surface area contributed by atoms with Crippen molar-refractivity contribution < 1.29 is 9.53 Å². The summed E-state index contributed by atoms with van der Waals surface area (Å²) in [5.74, 6) is 0.941. The van der Waals surface area contributed by atoms with Gasteiger partial charge in [-0.3, -0.25) is 4.79 Å². The van der Waals surface area contributed by atoms with Crippen LogP contribution in [0.1, 0.15) is 54.9 Å². The zero-order valence-electron chi connectivity index (χ0n) is 14.6. The van der Waals surface area contributed by atoms with E-state index in [4.69, 9.17) is 10.5 Å². The molecule has 0 fully saturated rings. The summed E-state index contributed by atoms with van der Waals surface area (Å²) in [5, 5.41) is 0. The monoisotopic (exact) mass is 323 g/mol. The highest BCUT2D eigenvalue weighted by Crippen LogP contribution is 2.44. The van der Waals surface area contributed by atoms with Crippen molar-refractivity contribution in [1.82, 2.24) is 0 Å². The van der Waals surface area contributed by atoms with Gasteiger partial charge in [0.15, 0.2) is 0 Å². The number of hydrogen-bond acceptors (Lipinski definition) is 2. The molecule has 24 heavy (non-hydrogen) atoms. The normalized spacial score (nSPS) is 19.8. The lowest BCUT2D eigenvalue weighted by Gasteiger charge is -2.37. The predicted octanol–water partition coefficient (Wildman–Crippen LogP) is 3.93. The summed E-state index contributed by atoms with van der Waals surface area (Å²) in [5.41, 5.74) is 9.62. The van der Waals surface area contributed by atoms with Crippen LogP contribution in [0, 0.1) is 0 Å². The Balaban J connectivity index is 2.19. The van der Waals surface area contributed by atoms with Gasteiger partial charge in [-0.1, -0.05) is 44.2 Å². The van der Waals surface area contributed by atoms with Gasteiger partial charge in [0.05, 0.1) is 12.5 Å². The molecule has 0 saturated carbocycles. The number of primary amides is 1. The number of benzene rings is 2. The molecular formula is C21H25NO2. The van der Waals surface area contributed by atoms with Crippen molar-refractivity contribution in [3.63, 3.8) is 0 Å². The van der Waals surface area contributed by atoms with Crippen LogP contribution in [0.4, 0.5) is 0 Å². The predicted molar refractivity (Wildman–Crippen MR) is 96.4 cm³/mol. The molecule has 1 amide bonds. The number of aryl methyl sites for hydroxylation is 1. The minimum atomic E-state index is -0.766. The van der Waals surface area contributed by atoms with E-state index in [2.05, 4.69) is 44.2 Å². The zero-order valence-corrected chi connectivity index (χ0v) is 14.6. The molecule has 0 heterocycles. The van der Waals surface area contributed by atoms with Crippen molar-refractivity contribution in [3.05, 3.63) is 64.7 Å². The van der Waals surface area contributed by atoms with Crippen LogP contribution in [0.5, 0.6) is 5.75 Å². The maximum Gasteiger partial charge on any atom is 0.232 e. The average Bonchev–Trinajstić information content (AvgIpc) is 2.60. The number of rotatable bonds is 4. The van der Waals surface area contributed by atoms with Gasteiger partial charge >= 0.3 is 0 Å². The van der Waals surface area contributed by atoms with E-state index in [-0.39, 0.29) is 5.91 Å². The number of fused-ring (bicyclic) bond motifs is 1. The molecule has 2 aromatic rings. The first-order valence-electron chi connectivity index (χ1n) is 8.57. The van der Waals surface area contributed by atoms with E-state index in [1.54, 1.807) is 7.11 Å². The molecule has 2 aromatic carbocycles. The Hall–Kier alpha value is -2.29. The fourth-order valence-electron chi connectivity index (χ4n) is 3.83. The molecule has 1 unspecified atom stereocenters.